The van der Waals surface area contributed by atoms with Crippen molar-refractivity contribution in [2.24, 2.45) is 0 Å². The maximum atomic E-state index is 12.3. The number of hydrogen-bond donors (Lipinski definition) is 3. The van der Waals surface area contributed by atoms with E-state index < -0.39 is 37.7 Å². The minimum absolute atomic E-state index is 0.300. The van der Waals surface area contributed by atoms with E-state index in [4.69, 9.17) is 5.11 Å². The summed E-state index contributed by atoms with van der Waals surface area (Å²) in [5.74, 6) is -1.36. The summed E-state index contributed by atoms with van der Waals surface area (Å²) in [5, 5.41) is 10.4. The lowest BCUT2D eigenvalue weighted by atomic mass is 10.4. The predicted octanol–water partition coefficient (Wildman–Crippen LogP) is 0.366. The van der Waals surface area contributed by atoms with E-state index >= 15 is 0 Å². The van der Waals surface area contributed by atoms with Crippen molar-refractivity contribution in [1.82, 2.24) is 15.8 Å². The summed E-state index contributed by atoms with van der Waals surface area (Å²) in [7, 11) is 0. The lowest BCUT2D eigenvalue weighted by molar-refractivity contribution is -0.149. The topological polar surface area (TPSA) is 81.7 Å². The summed E-state index contributed by atoms with van der Waals surface area (Å²) in [4.78, 5) is 24.1. The summed E-state index contributed by atoms with van der Waals surface area (Å²) >= 11 is 1.16. The first-order chi connectivity index (χ1) is 9.81. The van der Waals surface area contributed by atoms with Gasteiger partial charge in [0.15, 0.2) is 0 Å². The molecule has 1 aromatic heterocycles. The van der Waals surface area contributed by atoms with Gasteiger partial charge in [0.25, 0.3) is 11.8 Å². The molecule has 6 nitrogen and oxygen atoms in total. The fourth-order valence-corrected chi connectivity index (χ4v) is 2.07. The van der Waals surface area contributed by atoms with E-state index in [-0.39, 0.29) is 6.54 Å². The molecular weight excluding hydrogens is 311 g/mol. The van der Waals surface area contributed by atoms with Crippen molar-refractivity contribution in [2.75, 3.05) is 26.2 Å². The number of alkyl halides is 3. The molecule has 118 valence electrons. The number of aliphatic hydroxyl groups is 1. The van der Waals surface area contributed by atoms with E-state index in [1.54, 1.807) is 11.4 Å². The SMILES string of the molecule is O=C(CN(CCO)CC(F)(F)F)NNC(=O)c1cccs1. The first kappa shape index (κ1) is 17.4. The minimum Gasteiger partial charge on any atom is -0.395 e. The average molecular weight is 325 g/mol. The van der Waals surface area contributed by atoms with Crippen LogP contribution in [-0.4, -0.2) is 54.2 Å². The van der Waals surface area contributed by atoms with Gasteiger partial charge in [0.1, 0.15) is 0 Å². The van der Waals surface area contributed by atoms with Gasteiger partial charge >= 0.3 is 6.18 Å². The molecule has 1 heterocycles. The highest BCUT2D eigenvalue weighted by Crippen LogP contribution is 2.15. The fourth-order valence-electron chi connectivity index (χ4n) is 1.45. The summed E-state index contributed by atoms with van der Waals surface area (Å²) < 4.78 is 36.8. The molecule has 0 saturated heterocycles. The Morgan fingerprint density at radius 3 is 2.57 bits per heavy atom. The van der Waals surface area contributed by atoms with E-state index in [1.807, 2.05) is 5.43 Å². The maximum Gasteiger partial charge on any atom is 0.401 e. The van der Waals surface area contributed by atoms with Crippen LogP contribution in [0.15, 0.2) is 17.5 Å². The van der Waals surface area contributed by atoms with E-state index in [2.05, 4.69) is 5.43 Å². The van der Waals surface area contributed by atoms with Crippen molar-refractivity contribution >= 4 is 23.2 Å². The van der Waals surface area contributed by atoms with Gasteiger partial charge in [0.2, 0.25) is 0 Å². The second-order valence-corrected chi connectivity index (χ2v) is 4.98. The Labute approximate surface area is 122 Å². The van der Waals surface area contributed by atoms with Crippen LogP contribution in [0.2, 0.25) is 0 Å². The molecule has 0 aromatic carbocycles. The molecule has 0 fully saturated rings. The van der Waals surface area contributed by atoms with Gasteiger partial charge in [-0.25, -0.2) is 0 Å². The number of carbonyl (C=O) groups excluding carboxylic acids is 2. The first-order valence-electron chi connectivity index (χ1n) is 5.84. The van der Waals surface area contributed by atoms with Crippen molar-refractivity contribution in [3.8, 4) is 0 Å². The highest BCUT2D eigenvalue weighted by molar-refractivity contribution is 7.12. The number of halogens is 3. The van der Waals surface area contributed by atoms with Gasteiger partial charge < -0.3 is 5.11 Å². The molecule has 1 aromatic rings. The molecular formula is C11H14F3N3O3S. The van der Waals surface area contributed by atoms with Crippen LogP contribution in [0, 0.1) is 0 Å². The maximum absolute atomic E-state index is 12.3. The number of carbonyl (C=O) groups is 2. The van der Waals surface area contributed by atoms with Crippen LogP contribution in [0.1, 0.15) is 9.67 Å². The molecule has 0 bridgehead atoms. The smallest absolute Gasteiger partial charge is 0.395 e. The van der Waals surface area contributed by atoms with Crippen LogP contribution >= 0.6 is 11.3 Å². The highest BCUT2D eigenvalue weighted by Gasteiger charge is 2.31. The third-order valence-corrected chi connectivity index (χ3v) is 3.12. The highest BCUT2D eigenvalue weighted by atomic mass is 32.1. The second-order valence-electron chi connectivity index (χ2n) is 4.03. The molecule has 0 spiro atoms. The lowest BCUT2D eigenvalue weighted by Gasteiger charge is -2.21. The van der Waals surface area contributed by atoms with Crippen LogP contribution in [0.25, 0.3) is 0 Å². The van der Waals surface area contributed by atoms with Crippen LogP contribution in [-0.2, 0) is 4.79 Å². The van der Waals surface area contributed by atoms with E-state index in [9.17, 15) is 22.8 Å². The molecule has 2 amide bonds. The molecule has 3 N–H and O–H groups in total. The average Bonchev–Trinajstić information content (AvgIpc) is 2.88. The zero-order valence-corrected chi connectivity index (χ0v) is 11.6. The molecule has 0 aliphatic heterocycles. The van der Waals surface area contributed by atoms with E-state index in [1.165, 1.54) is 6.07 Å². The summed E-state index contributed by atoms with van der Waals surface area (Å²) in [5.41, 5.74) is 4.12. The normalized spacial score (nSPS) is 11.5. The molecule has 0 atom stereocenters. The van der Waals surface area contributed by atoms with Gasteiger partial charge in [-0.1, -0.05) is 6.07 Å². The largest absolute Gasteiger partial charge is 0.401 e. The van der Waals surface area contributed by atoms with Crippen molar-refractivity contribution in [3.05, 3.63) is 22.4 Å². The Morgan fingerprint density at radius 2 is 2.05 bits per heavy atom. The first-order valence-corrected chi connectivity index (χ1v) is 6.72. The van der Waals surface area contributed by atoms with Gasteiger partial charge in [-0.3, -0.25) is 25.3 Å². The Bertz CT molecular complexity index is 465. The number of hydrogen-bond acceptors (Lipinski definition) is 5. The Hall–Kier alpha value is -1.65. The molecule has 0 unspecified atom stereocenters. The van der Waals surface area contributed by atoms with Crippen molar-refractivity contribution in [3.63, 3.8) is 0 Å². The number of hydrazine groups is 1. The molecule has 1 rings (SSSR count). The Kier molecular flexibility index (Phi) is 6.59. The van der Waals surface area contributed by atoms with Crippen molar-refractivity contribution < 1.29 is 27.9 Å². The Balaban J connectivity index is 2.41. The van der Waals surface area contributed by atoms with E-state index in [0.29, 0.717) is 4.88 Å². The van der Waals surface area contributed by atoms with Gasteiger partial charge in [0.05, 0.1) is 24.6 Å². The van der Waals surface area contributed by atoms with Gasteiger partial charge in [0, 0.05) is 6.54 Å². The number of rotatable bonds is 6. The summed E-state index contributed by atoms with van der Waals surface area (Å²) in [6.07, 6.45) is -4.48. The molecule has 10 heteroatoms. The third kappa shape index (κ3) is 7.06. The second kappa shape index (κ2) is 7.96. The van der Waals surface area contributed by atoms with Crippen LogP contribution in [0.5, 0.6) is 0 Å². The zero-order valence-electron chi connectivity index (χ0n) is 10.8. The van der Waals surface area contributed by atoms with Gasteiger partial charge in [-0.2, -0.15) is 13.2 Å². The number of amides is 2. The quantitative estimate of drug-likeness (QED) is 0.660. The lowest BCUT2D eigenvalue weighted by Crippen LogP contribution is -2.48. The minimum atomic E-state index is -4.48. The fraction of sp³-hybridized carbons (Fsp3) is 0.455. The van der Waals surface area contributed by atoms with Crippen molar-refractivity contribution in [1.29, 1.82) is 0 Å². The standard InChI is InChI=1S/C11H14F3N3O3S/c12-11(13,14)7-17(3-4-18)6-9(19)15-16-10(20)8-2-1-5-21-8/h1-2,5,18H,3-4,6-7H2,(H,15,19)(H,16,20). The van der Waals surface area contributed by atoms with Crippen molar-refractivity contribution in [2.45, 2.75) is 6.18 Å². The van der Waals surface area contributed by atoms with Gasteiger partial charge in [-0.05, 0) is 11.4 Å². The number of nitrogens with zero attached hydrogens (tertiary/aromatic N) is 1. The predicted molar refractivity (Wildman–Crippen MR) is 69.5 cm³/mol. The molecule has 0 aliphatic carbocycles. The summed E-state index contributed by atoms with van der Waals surface area (Å²) in [6, 6.07) is 3.18. The molecule has 0 saturated carbocycles. The molecule has 21 heavy (non-hydrogen) atoms. The van der Waals surface area contributed by atoms with Crippen LogP contribution in [0.3, 0.4) is 0 Å². The number of thiophene rings is 1. The van der Waals surface area contributed by atoms with Crippen LogP contribution < -0.4 is 10.9 Å². The monoisotopic (exact) mass is 325 g/mol. The number of aliphatic hydroxyl groups excluding tert-OH is 1. The molecule has 0 aliphatic rings. The van der Waals surface area contributed by atoms with Crippen LogP contribution in [0.4, 0.5) is 13.2 Å². The number of nitrogens with one attached hydrogen (secondary N) is 2. The molecule has 0 radical (unpaired) electrons. The third-order valence-electron chi connectivity index (χ3n) is 2.25. The zero-order chi connectivity index (χ0) is 15.9. The Morgan fingerprint density at radius 1 is 1.33 bits per heavy atom. The van der Waals surface area contributed by atoms with Gasteiger partial charge in [-0.15, -0.1) is 11.3 Å². The van der Waals surface area contributed by atoms with E-state index in [0.717, 1.165) is 16.2 Å². The summed E-state index contributed by atoms with van der Waals surface area (Å²) in [6.45, 7) is -2.72.